The summed E-state index contributed by atoms with van der Waals surface area (Å²) in [6.45, 7) is 7.75. The number of hydrogen-bond acceptors (Lipinski definition) is 6. The highest BCUT2D eigenvalue weighted by Crippen LogP contribution is 2.31. The van der Waals surface area contributed by atoms with Crippen LogP contribution in [0.1, 0.15) is 37.0 Å². The van der Waals surface area contributed by atoms with Gasteiger partial charge in [0.05, 0.1) is 28.0 Å². The Morgan fingerprint density at radius 1 is 1.40 bits per heavy atom. The van der Waals surface area contributed by atoms with Gasteiger partial charge in [0.25, 0.3) is 0 Å². The number of rotatable bonds is 5. The molecule has 7 nitrogen and oxygen atoms in total. The fourth-order valence-electron chi connectivity index (χ4n) is 2.09. The molecule has 2 heterocycles. The van der Waals surface area contributed by atoms with Gasteiger partial charge in [-0.15, -0.1) is 16.4 Å². The van der Waals surface area contributed by atoms with Crippen LogP contribution in [-0.4, -0.2) is 36.3 Å². The van der Waals surface area contributed by atoms with Crippen molar-refractivity contribution < 1.29 is 9.90 Å². The first-order valence-corrected chi connectivity index (χ1v) is 7.15. The minimum atomic E-state index is -0.859. The number of carboxylic acids is 1. The minimum Gasteiger partial charge on any atom is -0.481 e. The van der Waals surface area contributed by atoms with E-state index in [-0.39, 0.29) is 18.4 Å². The van der Waals surface area contributed by atoms with E-state index in [2.05, 4.69) is 20.5 Å². The van der Waals surface area contributed by atoms with E-state index in [0.717, 1.165) is 15.6 Å². The fraction of sp³-hybridized carbons (Fsp3) is 0.583. The van der Waals surface area contributed by atoms with Crippen LogP contribution >= 0.6 is 11.3 Å². The quantitative estimate of drug-likeness (QED) is 0.907. The number of thiazole rings is 1. The van der Waals surface area contributed by atoms with E-state index in [1.165, 1.54) is 11.3 Å². The molecule has 1 atom stereocenters. The van der Waals surface area contributed by atoms with Crippen LogP contribution in [0.4, 0.5) is 0 Å². The van der Waals surface area contributed by atoms with Gasteiger partial charge in [-0.1, -0.05) is 13.8 Å². The smallest absolute Gasteiger partial charge is 0.305 e. The van der Waals surface area contributed by atoms with Crippen LogP contribution in [0.15, 0.2) is 0 Å². The second-order valence-electron chi connectivity index (χ2n) is 5.00. The summed E-state index contributed by atoms with van der Waals surface area (Å²) in [4.78, 5) is 16.3. The summed E-state index contributed by atoms with van der Waals surface area (Å²) in [6.07, 6.45) is -0.00740. The maximum atomic E-state index is 11.0. The average molecular weight is 295 g/mol. The van der Waals surface area contributed by atoms with Crippen molar-refractivity contribution in [1.29, 1.82) is 0 Å². The predicted octanol–water partition coefficient (Wildman–Crippen LogP) is 2.09. The Kier molecular flexibility index (Phi) is 4.12. The molecule has 0 aliphatic rings. The van der Waals surface area contributed by atoms with Crippen molar-refractivity contribution in [3.63, 3.8) is 0 Å². The zero-order valence-corrected chi connectivity index (χ0v) is 12.7. The molecule has 0 aliphatic carbocycles. The van der Waals surface area contributed by atoms with E-state index in [4.69, 9.17) is 5.11 Å². The Hall–Kier alpha value is -1.83. The number of aryl methyl sites for hydroxylation is 2. The van der Waals surface area contributed by atoms with Crippen LogP contribution in [-0.2, 0) is 4.79 Å². The van der Waals surface area contributed by atoms with Crippen LogP contribution in [0.3, 0.4) is 0 Å². The maximum absolute atomic E-state index is 11.0. The minimum absolute atomic E-state index is 0.00740. The number of tetrazole rings is 1. The third kappa shape index (κ3) is 2.84. The normalized spacial score (nSPS) is 12.8. The monoisotopic (exact) mass is 295 g/mol. The zero-order chi connectivity index (χ0) is 14.9. The van der Waals surface area contributed by atoms with E-state index in [0.29, 0.717) is 5.82 Å². The Morgan fingerprint density at radius 2 is 2.10 bits per heavy atom. The van der Waals surface area contributed by atoms with Crippen LogP contribution in [0.5, 0.6) is 0 Å². The zero-order valence-electron chi connectivity index (χ0n) is 11.9. The molecule has 20 heavy (non-hydrogen) atoms. The van der Waals surface area contributed by atoms with Crippen molar-refractivity contribution in [3.8, 4) is 10.7 Å². The third-order valence-corrected chi connectivity index (χ3v) is 4.14. The fourth-order valence-corrected chi connectivity index (χ4v) is 2.99. The Bertz CT molecular complexity index is 619. The summed E-state index contributed by atoms with van der Waals surface area (Å²) in [7, 11) is 0. The Labute approximate surface area is 120 Å². The summed E-state index contributed by atoms with van der Waals surface area (Å²) >= 11 is 1.51. The SMILES string of the molecule is Cc1nc(C)c(-c2nnnn2C(CC(=O)O)C(C)C)s1. The van der Waals surface area contributed by atoms with Crippen LogP contribution in [0.2, 0.25) is 0 Å². The second kappa shape index (κ2) is 5.66. The lowest BCUT2D eigenvalue weighted by molar-refractivity contribution is -0.138. The van der Waals surface area contributed by atoms with Gasteiger partial charge in [-0.05, 0) is 30.2 Å². The van der Waals surface area contributed by atoms with Crippen LogP contribution in [0, 0.1) is 19.8 Å². The number of nitrogens with zero attached hydrogens (tertiary/aromatic N) is 5. The van der Waals surface area contributed by atoms with Gasteiger partial charge in [-0.2, -0.15) is 0 Å². The molecular weight excluding hydrogens is 278 g/mol. The molecule has 0 amide bonds. The van der Waals surface area contributed by atoms with E-state index in [9.17, 15) is 4.79 Å². The van der Waals surface area contributed by atoms with E-state index in [1.54, 1.807) is 4.68 Å². The van der Waals surface area contributed by atoms with Gasteiger partial charge in [0.1, 0.15) is 0 Å². The lowest BCUT2D eigenvalue weighted by Crippen LogP contribution is -2.21. The first-order chi connectivity index (χ1) is 9.40. The molecule has 2 rings (SSSR count). The van der Waals surface area contributed by atoms with E-state index < -0.39 is 5.97 Å². The average Bonchev–Trinajstić information content (AvgIpc) is 2.91. The van der Waals surface area contributed by atoms with Gasteiger partial charge < -0.3 is 5.11 Å². The topological polar surface area (TPSA) is 93.8 Å². The molecule has 0 radical (unpaired) electrons. The summed E-state index contributed by atoms with van der Waals surface area (Å²) in [6, 6.07) is -0.278. The van der Waals surface area contributed by atoms with Gasteiger partial charge in [0, 0.05) is 0 Å². The van der Waals surface area contributed by atoms with Gasteiger partial charge in [-0.25, -0.2) is 9.67 Å². The maximum Gasteiger partial charge on any atom is 0.305 e. The third-order valence-electron chi connectivity index (χ3n) is 3.07. The molecule has 0 bridgehead atoms. The molecule has 108 valence electrons. The number of hydrogen-bond donors (Lipinski definition) is 1. The molecule has 0 saturated carbocycles. The summed E-state index contributed by atoms with van der Waals surface area (Å²) in [5.74, 6) is -0.155. The van der Waals surface area contributed by atoms with Crippen molar-refractivity contribution in [2.75, 3.05) is 0 Å². The van der Waals surface area contributed by atoms with Crippen LogP contribution in [0.25, 0.3) is 10.7 Å². The standard InChI is InChI=1S/C12H17N5O2S/c1-6(2)9(5-10(18)19)17-12(14-15-16-17)11-7(3)13-8(4)20-11/h6,9H,5H2,1-4H3,(H,18,19). The van der Waals surface area contributed by atoms with Crippen LogP contribution < -0.4 is 0 Å². The number of aromatic nitrogens is 5. The van der Waals surface area contributed by atoms with Gasteiger partial charge in [-0.3, -0.25) is 4.79 Å². The molecule has 1 unspecified atom stereocenters. The molecule has 0 fully saturated rings. The number of aliphatic carboxylic acids is 1. The number of carbonyl (C=O) groups is 1. The van der Waals surface area contributed by atoms with Gasteiger partial charge >= 0.3 is 5.97 Å². The Morgan fingerprint density at radius 3 is 2.60 bits per heavy atom. The predicted molar refractivity (Wildman–Crippen MR) is 74.5 cm³/mol. The lowest BCUT2D eigenvalue weighted by atomic mass is 10.0. The molecule has 8 heteroatoms. The highest BCUT2D eigenvalue weighted by atomic mass is 32.1. The first-order valence-electron chi connectivity index (χ1n) is 6.34. The molecule has 0 spiro atoms. The Balaban J connectivity index is 2.45. The van der Waals surface area contributed by atoms with E-state index in [1.807, 2.05) is 27.7 Å². The summed E-state index contributed by atoms with van der Waals surface area (Å²) < 4.78 is 1.61. The van der Waals surface area contributed by atoms with Crippen molar-refractivity contribution >= 4 is 17.3 Å². The molecule has 2 aromatic rings. The number of carboxylic acid groups (broad SMARTS) is 1. The molecule has 0 aliphatic heterocycles. The lowest BCUT2D eigenvalue weighted by Gasteiger charge is -2.19. The van der Waals surface area contributed by atoms with Crippen molar-refractivity contribution in [2.24, 2.45) is 5.92 Å². The van der Waals surface area contributed by atoms with E-state index >= 15 is 0 Å². The molecule has 1 N–H and O–H groups in total. The molecule has 0 saturated heterocycles. The van der Waals surface area contributed by atoms with Gasteiger partial charge in [0.15, 0.2) is 5.82 Å². The highest BCUT2D eigenvalue weighted by Gasteiger charge is 2.25. The second-order valence-corrected chi connectivity index (χ2v) is 6.21. The van der Waals surface area contributed by atoms with Crippen molar-refractivity contribution in [1.82, 2.24) is 25.2 Å². The molecule has 2 aromatic heterocycles. The van der Waals surface area contributed by atoms with Gasteiger partial charge in [0.2, 0.25) is 0 Å². The first kappa shape index (κ1) is 14.6. The largest absolute Gasteiger partial charge is 0.481 e. The summed E-state index contributed by atoms with van der Waals surface area (Å²) in [5, 5.41) is 21.7. The summed E-state index contributed by atoms with van der Waals surface area (Å²) in [5.41, 5.74) is 0.862. The molecular formula is C12H17N5O2S. The highest BCUT2D eigenvalue weighted by molar-refractivity contribution is 7.15. The van der Waals surface area contributed by atoms with Crippen molar-refractivity contribution in [3.05, 3.63) is 10.7 Å². The molecule has 0 aromatic carbocycles. The van der Waals surface area contributed by atoms with Crippen molar-refractivity contribution in [2.45, 2.75) is 40.2 Å².